The number of nitro benzene ring substituents is 1. The molecule has 0 aliphatic heterocycles. The Morgan fingerprint density at radius 1 is 1.19 bits per heavy atom. The van der Waals surface area contributed by atoms with Gasteiger partial charge in [0, 0.05) is 19.5 Å². The largest absolute Gasteiger partial charge is 0.493 e. The molecule has 13 heteroatoms. The van der Waals surface area contributed by atoms with Crippen LogP contribution in [0, 0.1) is 10.1 Å². The molecule has 0 heterocycles. The van der Waals surface area contributed by atoms with Crippen molar-refractivity contribution in [3.63, 3.8) is 0 Å². The quantitative estimate of drug-likeness (QED) is 0.140. The maximum atomic E-state index is 11.9. The third-order valence-corrected chi connectivity index (χ3v) is 4.18. The number of hydrogen-bond acceptors (Lipinski definition) is 9. The summed E-state index contributed by atoms with van der Waals surface area (Å²) in [7, 11) is 2.56. The summed E-state index contributed by atoms with van der Waals surface area (Å²) in [4.78, 5) is 45.8. The maximum absolute atomic E-state index is 11.9. The molecule has 0 radical (unpaired) electrons. The summed E-state index contributed by atoms with van der Waals surface area (Å²) in [6.45, 7) is 2.10. The Hall–Kier alpha value is -3.61. The number of esters is 1. The van der Waals surface area contributed by atoms with Crippen LogP contribution in [-0.2, 0) is 20.9 Å². The third-order valence-electron chi connectivity index (χ3n) is 4.18. The molecule has 0 aliphatic rings. The van der Waals surface area contributed by atoms with Crippen molar-refractivity contribution in [2.75, 3.05) is 33.9 Å². The van der Waals surface area contributed by atoms with Gasteiger partial charge in [-0.3, -0.25) is 14.9 Å². The molecule has 1 aromatic rings. The zero-order valence-corrected chi connectivity index (χ0v) is 18.3. The first-order valence-corrected chi connectivity index (χ1v) is 9.80. The van der Waals surface area contributed by atoms with Gasteiger partial charge in [0.25, 0.3) is 5.69 Å². The zero-order valence-electron chi connectivity index (χ0n) is 18.3. The smallest absolute Gasteiger partial charge is 0.328 e. The predicted molar refractivity (Wildman–Crippen MR) is 113 cm³/mol. The van der Waals surface area contributed by atoms with Crippen LogP contribution in [0.1, 0.15) is 25.3 Å². The second-order valence-electron chi connectivity index (χ2n) is 6.55. The predicted octanol–water partition coefficient (Wildman–Crippen LogP) is 0.198. The van der Waals surface area contributed by atoms with Gasteiger partial charge in [0.05, 0.1) is 43.9 Å². The van der Waals surface area contributed by atoms with E-state index >= 15 is 0 Å². The molecular formula is C19H29N5O8. The third kappa shape index (κ3) is 8.63. The van der Waals surface area contributed by atoms with Crippen LogP contribution >= 0.6 is 0 Å². The van der Waals surface area contributed by atoms with Crippen LogP contribution in [0.15, 0.2) is 12.1 Å². The average molecular weight is 455 g/mol. The number of methoxy groups -OCH3 is 2. The fourth-order valence-electron chi connectivity index (χ4n) is 2.55. The van der Waals surface area contributed by atoms with Crippen LogP contribution in [0.4, 0.5) is 10.5 Å². The SMILES string of the molecule is COC(=O)C(C)NC(=O)NCc1cc(OC)c(OCCCC(=O)NCCN)cc1[N+](=O)[O-]. The standard InChI is InChI=1S/C19H29N5O8/c1-12(18(26)31-3)23-19(27)22-11-13-9-15(30-2)16(10-14(13)24(28)29)32-8-4-5-17(25)21-7-6-20/h9-10,12H,4-8,11,20H2,1-3H3,(H,21,25)(H2,22,23,27). The highest BCUT2D eigenvalue weighted by Gasteiger charge is 2.21. The van der Waals surface area contributed by atoms with Gasteiger partial charge in [0.2, 0.25) is 5.91 Å². The van der Waals surface area contributed by atoms with Crippen molar-refractivity contribution in [2.24, 2.45) is 5.73 Å². The molecule has 1 unspecified atom stereocenters. The first kappa shape index (κ1) is 26.4. The van der Waals surface area contributed by atoms with E-state index in [9.17, 15) is 24.5 Å². The first-order valence-electron chi connectivity index (χ1n) is 9.80. The minimum absolute atomic E-state index is 0.133. The minimum Gasteiger partial charge on any atom is -0.493 e. The molecule has 5 N–H and O–H groups in total. The highest BCUT2D eigenvalue weighted by molar-refractivity contribution is 5.83. The van der Waals surface area contributed by atoms with Crippen LogP contribution in [0.2, 0.25) is 0 Å². The summed E-state index contributed by atoms with van der Waals surface area (Å²) in [5.74, 6) is -0.443. The second kappa shape index (κ2) is 13.6. The number of urea groups is 1. The van der Waals surface area contributed by atoms with E-state index in [0.717, 1.165) is 0 Å². The Kier molecular flexibility index (Phi) is 11.3. The molecule has 0 aromatic heterocycles. The zero-order chi connectivity index (χ0) is 24.1. The van der Waals surface area contributed by atoms with Crippen LogP contribution in [0.3, 0.4) is 0 Å². The van der Waals surface area contributed by atoms with E-state index < -0.39 is 23.0 Å². The van der Waals surface area contributed by atoms with E-state index in [1.54, 1.807) is 0 Å². The van der Waals surface area contributed by atoms with Crippen molar-refractivity contribution in [3.8, 4) is 11.5 Å². The number of benzene rings is 1. The second-order valence-corrected chi connectivity index (χ2v) is 6.55. The topological polar surface area (TPSA) is 184 Å². The number of rotatable bonds is 13. The molecule has 0 aliphatic carbocycles. The number of nitrogens with zero attached hydrogens (tertiary/aromatic N) is 1. The van der Waals surface area contributed by atoms with Gasteiger partial charge in [-0.1, -0.05) is 0 Å². The van der Waals surface area contributed by atoms with Crippen LogP contribution in [0.5, 0.6) is 11.5 Å². The van der Waals surface area contributed by atoms with Crippen molar-refractivity contribution in [2.45, 2.75) is 32.4 Å². The van der Waals surface area contributed by atoms with Crippen molar-refractivity contribution in [1.82, 2.24) is 16.0 Å². The Bertz CT molecular complexity index is 817. The van der Waals surface area contributed by atoms with Gasteiger partial charge in [0.1, 0.15) is 6.04 Å². The van der Waals surface area contributed by atoms with Gasteiger partial charge in [-0.15, -0.1) is 0 Å². The molecule has 13 nitrogen and oxygen atoms in total. The number of ether oxygens (including phenoxy) is 3. The van der Waals surface area contributed by atoms with E-state index in [1.165, 1.54) is 33.3 Å². The lowest BCUT2D eigenvalue weighted by Gasteiger charge is -2.15. The lowest BCUT2D eigenvalue weighted by Crippen LogP contribution is -2.44. The normalized spacial score (nSPS) is 11.1. The molecule has 1 atom stereocenters. The van der Waals surface area contributed by atoms with Gasteiger partial charge >= 0.3 is 12.0 Å². The Morgan fingerprint density at radius 2 is 1.91 bits per heavy atom. The molecule has 0 spiro atoms. The van der Waals surface area contributed by atoms with Crippen LogP contribution in [-0.4, -0.2) is 62.8 Å². The monoisotopic (exact) mass is 455 g/mol. The lowest BCUT2D eigenvalue weighted by atomic mass is 10.1. The Balaban J connectivity index is 2.79. The molecule has 1 aromatic carbocycles. The summed E-state index contributed by atoms with van der Waals surface area (Å²) in [5, 5.41) is 18.9. The summed E-state index contributed by atoms with van der Waals surface area (Å²) in [6.07, 6.45) is 0.598. The summed E-state index contributed by atoms with van der Waals surface area (Å²) >= 11 is 0. The van der Waals surface area contributed by atoms with Crippen molar-refractivity contribution in [3.05, 3.63) is 27.8 Å². The fraction of sp³-hybridized carbons (Fsp3) is 0.526. The van der Waals surface area contributed by atoms with Gasteiger partial charge in [-0.25, -0.2) is 9.59 Å². The average Bonchev–Trinajstić information content (AvgIpc) is 2.78. The minimum atomic E-state index is -0.891. The van der Waals surface area contributed by atoms with E-state index in [4.69, 9.17) is 15.2 Å². The highest BCUT2D eigenvalue weighted by atomic mass is 16.6. The molecule has 0 saturated heterocycles. The maximum Gasteiger partial charge on any atom is 0.328 e. The highest BCUT2D eigenvalue weighted by Crippen LogP contribution is 2.34. The van der Waals surface area contributed by atoms with Crippen molar-refractivity contribution < 1.29 is 33.5 Å². The molecular weight excluding hydrogens is 426 g/mol. The number of nitrogens with one attached hydrogen (secondary N) is 3. The summed E-state index contributed by atoms with van der Waals surface area (Å²) in [5.41, 5.74) is 5.19. The van der Waals surface area contributed by atoms with Gasteiger partial charge in [0.15, 0.2) is 11.5 Å². The van der Waals surface area contributed by atoms with E-state index in [1.807, 2.05) is 0 Å². The van der Waals surface area contributed by atoms with Gasteiger partial charge < -0.3 is 35.9 Å². The summed E-state index contributed by atoms with van der Waals surface area (Å²) in [6, 6.07) is 0.979. The van der Waals surface area contributed by atoms with E-state index in [0.29, 0.717) is 19.5 Å². The number of carbonyl (C=O) groups is 3. The van der Waals surface area contributed by atoms with Gasteiger partial charge in [-0.05, 0) is 19.4 Å². The number of amides is 3. The van der Waals surface area contributed by atoms with Crippen molar-refractivity contribution in [1.29, 1.82) is 0 Å². The number of hydrogen-bond donors (Lipinski definition) is 4. The first-order chi connectivity index (χ1) is 15.2. The van der Waals surface area contributed by atoms with Crippen molar-refractivity contribution >= 4 is 23.6 Å². The molecule has 0 bridgehead atoms. The molecule has 1 rings (SSSR count). The molecule has 32 heavy (non-hydrogen) atoms. The van der Waals surface area contributed by atoms with Crippen LogP contribution in [0.25, 0.3) is 0 Å². The Labute approximate surface area is 185 Å². The molecule has 178 valence electrons. The number of nitro groups is 1. The summed E-state index contributed by atoms with van der Waals surface area (Å²) < 4.78 is 15.3. The van der Waals surface area contributed by atoms with E-state index in [-0.39, 0.29) is 48.2 Å². The molecule has 3 amide bonds. The van der Waals surface area contributed by atoms with E-state index in [2.05, 4.69) is 20.7 Å². The number of nitrogens with two attached hydrogens (primary N) is 1. The molecule has 0 saturated carbocycles. The fourth-order valence-corrected chi connectivity index (χ4v) is 2.55. The lowest BCUT2D eigenvalue weighted by molar-refractivity contribution is -0.385. The molecule has 0 fully saturated rings. The number of carbonyl (C=O) groups excluding carboxylic acids is 3. The van der Waals surface area contributed by atoms with Crippen LogP contribution < -0.4 is 31.2 Å². The van der Waals surface area contributed by atoms with Gasteiger partial charge in [-0.2, -0.15) is 0 Å². The Morgan fingerprint density at radius 3 is 2.50 bits per heavy atom.